The van der Waals surface area contributed by atoms with Crippen LogP contribution in [0, 0.1) is 5.92 Å². The van der Waals surface area contributed by atoms with E-state index >= 15 is 0 Å². The Balaban J connectivity index is 1.29. The van der Waals surface area contributed by atoms with Crippen molar-refractivity contribution in [3.8, 4) is 11.4 Å². The summed E-state index contributed by atoms with van der Waals surface area (Å²) in [5.74, 6) is 2.51. The van der Waals surface area contributed by atoms with Gasteiger partial charge in [0, 0.05) is 29.0 Å². The zero-order chi connectivity index (χ0) is 16.8. The van der Waals surface area contributed by atoms with E-state index in [1.807, 2.05) is 24.3 Å². The lowest BCUT2D eigenvalue weighted by molar-refractivity contribution is -0.117. The van der Waals surface area contributed by atoms with Crippen LogP contribution in [0.5, 0.6) is 0 Å². The number of aromatic amines is 1. The fourth-order valence-corrected chi connectivity index (χ4v) is 3.00. The SMILES string of the molecule is O=C(Nc1cccc(-c2noc(C3CC3)n2)c1)[C@@H]1C[C@H]1c1ncn[nH]1. The van der Waals surface area contributed by atoms with Crippen molar-refractivity contribution in [1.29, 1.82) is 0 Å². The molecule has 2 atom stereocenters. The molecule has 3 aromatic rings. The van der Waals surface area contributed by atoms with Crippen LogP contribution in [0.4, 0.5) is 5.69 Å². The van der Waals surface area contributed by atoms with Gasteiger partial charge in [0.15, 0.2) is 0 Å². The standard InChI is InChI=1S/C17H16N6O2/c24-16(13-7-12(13)15-18-8-19-22-15)20-11-3-1-2-10(6-11)14-21-17(25-23-14)9-4-5-9/h1-3,6,8-9,12-13H,4-5,7H2,(H,20,24)(H,18,19,22)/t12-,13-/m1/s1. The monoisotopic (exact) mass is 336 g/mol. The van der Waals surface area contributed by atoms with Gasteiger partial charge in [-0.2, -0.15) is 10.1 Å². The number of aromatic nitrogens is 5. The van der Waals surface area contributed by atoms with Crippen molar-refractivity contribution in [2.24, 2.45) is 5.92 Å². The zero-order valence-electron chi connectivity index (χ0n) is 13.3. The molecular weight excluding hydrogens is 320 g/mol. The highest BCUT2D eigenvalue weighted by Gasteiger charge is 2.46. The first-order chi connectivity index (χ1) is 12.3. The number of hydrogen-bond donors (Lipinski definition) is 2. The summed E-state index contributed by atoms with van der Waals surface area (Å²) < 4.78 is 5.30. The van der Waals surface area contributed by atoms with E-state index in [1.165, 1.54) is 6.33 Å². The van der Waals surface area contributed by atoms with Gasteiger partial charge in [0.1, 0.15) is 12.2 Å². The van der Waals surface area contributed by atoms with E-state index in [2.05, 4.69) is 30.6 Å². The number of rotatable bonds is 5. The van der Waals surface area contributed by atoms with Gasteiger partial charge in [0.05, 0.1) is 0 Å². The van der Waals surface area contributed by atoms with E-state index in [-0.39, 0.29) is 17.7 Å². The van der Waals surface area contributed by atoms with Crippen LogP contribution < -0.4 is 5.32 Å². The lowest BCUT2D eigenvalue weighted by Gasteiger charge is -2.05. The molecule has 8 nitrogen and oxygen atoms in total. The van der Waals surface area contributed by atoms with Gasteiger partial charge in [0.25, 0.3) is 0 Å². The minimum absolute atomic E-state index is 0.00895. The fourth-order valence-electron chi connectivity index (χ4n) is 3.00. The van der Waals surface area contributed by atoms with E-state index < -0.39 is 0 Å². The highest BCUT2D eigenvalue weighted by Crippen LogP contribution is 2.46. The van der Waals surface area contributed by atoms with Crippen LogP contribution in [0.1, 0.15) is 42.8 Å². The predicted molar refractivity (Wildman–Crippen MR) is 87.6 cm³/mol. The third-order valence-electron chi connectivity index (χ3n) is 4.67. The van der Waals surface area contributed by atoms with Crippen LogP contribution in [0.2, 0.25) is 0 Å². The molecule has 0 spiro atoms. The van der Waals surface area contributed by atoms with Gasteiger partial charge in [-0.15, -0.1) is 0 Å². The Morgan fingerprint density at radius 2 is 2.24 bits per heavy atom. The summed E-state index contributed by atoms with van der Waals surface area (Å²) in [6.07, 6.45) is 4.49. The lowest BCUT2D eigenvalue weighted by atomic mass is 10.2. The number of benzene rings is 1. The highest BCUT2D eigenvalue weighted by atomic mass is 16.5. The first kappa shape index (κ1) is 14.3. The Kier molecular flexibility index (Phi) is 3.16. The Labute approximate surface area is 143 Å². The predicted octanol–water partition coefficient (Wildman–Crippen LogP) is 2.47. The van der Waals surface area contributed by atoms with E-state index in [0.29, 0.717) is 17.6 Å². The summed E-state index contributed by atoms with van der Waals surface area (Å²) in [6.45, 7) is 0. The maximum atomic E-state index is 12.4. The Hall–Kier alpha value is -3.03. The molecule has 8 heteroatoms. The quantitative estimate of drug-likeness (QED) is 0.740. The van der Waals surface area contributed by atoms with Gasteiger partial charge in [-0.1, -0.05) is 17.3 Å². The molecule has 2 N–H and O–H groups in total. The van der Waals surface area contributed by atoms with Crippen molar-refractivity contribution >= 4 is 11.6 Å². The van der Waals surface area contributed by atoms with Gasteiger partial charge >= 0.3 is 0 Å². The molecule has 25 heavy (non-hydrogen) atoms. The molecule has 2 fully saturated rings. The van der Waals surface area contributed by atoms with Gasteiger partial charge in [-0.05, 0) is 31.4 Å². The second-order valence-electron chi connectivity index (χ2n) is 6.62. The molecule has 0 radical (unpaired) electrons. The van der Waals surface area contributed by atoms with Crippen LogP contribution in [-0.4, -0.2) is 31.2 Å². The summed E-state index contributed by atoms with van der Waals surface area (Å²) in [7, 11) is 0. The average Bonchev–Trinajstić information content (AvgIpc) is 3.53. The Bertz CT molecular complexity index is 915. The highest BCUT2D eigenvalue weighted by molar-refractivity contribution is 5.95. The van der Waals surface area contributed by atoms with Crippen molar-refractivity contribution in [1.82, 2.24) is 25.3 Å². The maximum absolute atomic E-state index is 12.4. The third kappa shape index (κ3) is 2.79. The summed E-state index contributed by atoms with van der Waals surface area (Å²) >= 11 is 0. The van der Waals surface area contributed by atoms with Crippen LogP contribution in [-0.2, 0) is 4.79 Å². The molecule has 2 aliphatic carbocycles. The second-order valence-corrected chi connectivity index (χ2v) is 6.62. The second kappa shape index (κ2) is 5.51. The number of hydrogen-bond acceptors (Lipinski definition) is 6. The number of amides is 1. The smallest absolute Gasteiger partial charge is 0.230 e. The van der Waals surface area contributed by atoms with Crippen LogP contribution in [0.15, 0.2) is 35.1 Å². The number of nitrogens with one attached hydrogen (secondary N) is 2. The van der Waals surface area contributed by atoms with Crippen LogP contribution in [0.25, 0.3) is 11.4 Å². The molecule has 1 amide bonds. The van der Waals surface area contributed by atoms with E-state index in [1.54, 1.807) is 0 Å². The first-order valence-corrected chi connectivity index (χ1v) is 8.38. The van der Waals surface area contributed by atoms with Crippen LogP contribution >= 0.6 is 0 Å². The van der Waals surface area contributed by atoms with E-state index in [4.69, 9.17) is 4.52 Å². The molecule has 2 aromatic heterocycles. The van der Waals surface area contributed by atoms with Crippen molar-refractivity contribution in [3.63, 3.8) is 0 Å². The van der Waals surface area contributed by atoms with Crippen molar-refractivity contribution in [3.05, 3.63) is 42.3 Å². The Morgan fingerprint density at radius 1 is 1.32 bits per heavy atom. The fraction of sp³-hybridized carbons (Fsp3) is 0.353. The molecule has 0 unspecified atom stereocenters. The number of nitrogens with zero attached hydrogens (tertiary/aromatic N) is 4. The summed E-state index contributed by atoms with van der Waals surface area (Å²) in [5, 5.41) is 13.7. The summed E-state index contributed by atoms with van der Waals surface area (Å²) in [4.78, 5) is 21.0. The molecule has 5 rings (SSSR count). The first-order valence-electron chi connectivity index (χ1n) is 8.38. The zero-order valence-corrected chi connectivity index (χ0v) is 13.3. The minimum Gasteiger partial charge on any atom is -0.339 e. The molecule has 0 aliphatic heterocycles. The molecule has 0 bridgehead atoms. The molecule has 1 aromatic carbocycles. The van der Waals surface area contributed by atoms with E-state index in [9.17, 15) is 4.79 Å². The summed E-state index contributed by atoms with van der Waals surface area (Å²) in [6, 6.07) is 7.50. The van der Waals surface area contributed by atoms with Crippen molar-refractivity contribution < 1.29 is 9.32 Å². The molecule has 0 saturated heterocycles. The third-order valence-corrected chi connectivity index (χ3v) is 4.67. The Morgan fingerprint density at radius 3 is 3.04 bits per heavy atom. The van der Waals surface area contributed by atoms with E-state index in [0.717, 1.165) is 36.3 Å². The van der Waals surface area contributed by atoms with Gasteiger partial charge in [0.2, 0.25) is 17.6 Å². The topological polar surface area (TPSA) is 110 Å². The normalized spacial score (nSPS) is 21.9. The molecule has 2 saturated carbocycles. The van der Waals surface area contributed by atoms with Crippen LogP contribution in [0.3, 0.4) is 0 Å². The molecular formula is C17H16N6O2. The van der Waals surface area contributed by atoms with Gasteiger partial charge < -0.3 is 9.84 Å². The maximum Gasteiger partial charge on any atom is 0.230 e. The number of carbonyl (C=O) groups excluding carboxylic acids is 1. The number of H-pyrrole nitrogens is 1. The summed E-state index contributed by atoms with van der Waals surface area (Å²) in [5.41, 5.74) is 1.56. The van der Waals surface area contributed by atoms with Gasteiger partial charge in [-0.25, -0.2) is 4.98 Å². The molecule has 2 heterocycles. The number of carbonyl (C=O) groups is 1. The largest absolute Gasteiger partial charge is 0.339 e. The minimum atomic E-state index is -0.0664. The van der Waals surface area contributed by atoms with Crippen molar-refractivity contribution in [2.75, 3.05) is 5.32 Å². The van der Waals surface area contributed by atoms with Crippen molar-refractivity contribution in [2.45, 2.75) is 31.1 Å². The van der Waals surface area contributed by atoms with Gasteiger partial charge in [-0.3, -0.25) is 9.89 Å². The average molecular weight is 336 g/mol. The number of anilines is 1. The lowest BCUT2D eigenvalue weighted by Crippen LogP contribution is -2.14. The molecule has 126 valence electrons. The molecule has 2 aliphatic rings.